The number of fused-ring (bicyclic) bond motifs is 6. The Morgan fingerprint density at radius 1 is 1.20 bits per heavy atom. The van der Waals surface area contributed by atoms with Crippen molar-refractivity contribution in [2.75, 3.05) is 13.9 Å². The molecule has 0 spiro atoms. The summed E-state index contributed by atoms with van der Waals surface area (Å²) >= 11 is 0. The van der Waals surface area contributed by atoms with Crippen molar-refractivity contribution in [2.24, 2.45) is 0 Å². The van der Waals surface area contributed by atoms with Crippen LogP contribution in [-0.2, 0) is 4.74 Å². The first-order valence-corrected chi connectivity index (χ1v) is 8.18. The normalized spacial score (nSPS) is 24.0. The van der Waals surface area contributed by atoms with Gasteiger partial charge in [0, 0.05) is 29.6 Å². The lowest BCUT2D eigenvalue weighted by Crippen LogP contribution is -2.35. The average molecular weight is 335 g/mol. The van der Waals surface area contributed by atoms with E-state index < -0.39 is 11.7 Å². The number of methoxy groups -OCH3 is 1. The molecule has 0 bridgehead atoms. The van der Waals surface area contributed by atoms with Crippen molar-refractivity contribution in [3.63, 3.8) is 0 Å². The van der Waals surface area contributed by atoms with Crippen LogP contribution < -0.4 is 9.47 Å². The minimum absolute atomic E-state index is 0.247. The van der Waals surface area contributed by atoms with Crippen LogP contribution >= 0.6 is 0 Å². The molecule has 3 aromatic rings. The maximum absolute atomic E-state index is 10.7. The van der Waals surface area contributed by atoms with Gasteiger partial charge in [0.25, 0.3) is 0 Å². The van der Waals surface area contributed by atoms with Gasteiger partial charge in [-0.15, -0.1) is 0 Å². The van der Waals surface area contributed by atoms with Crippen LogP contribution in [0.4, 0.5) is 0 Å². The fourth-order valence-electron chi connectivity index (χ4n) is 3.65. The van der Waals surface area contributed by atoms with E-state index in [0.29, 0.717) is 0 Å². The quantitative estimate of drug-likeness (QED) is 0.689. The molecule has 126 valence electrons. The van der Waals surface area contributed by atoms with E-state index in [0.717, 1.165) is 44.3 Å². The molecule has 0 saturated heterocycles. The number of aliphatic hydroxyl groups excluding tert-OH is 1. The van der Waals surface area contributed by atoms with Crippen LogP contribution in [0.1, 0.15) is 24.2 Å². The summed E-state index contributed by atoms with van der Waals surface area (Å²) in [6, 6.07) is 8.04. The van der Waals surface area contributed by atoms with Crippen molar-refractivity contribution >= 4 is 27.8 Å². The molecule has 2 aromatic carbocycles. The third-order valence-electron chi connectivity index (χ3n) is 5.28. The molecule has 0 saturated carbocycles. The molecule has 5 heteroatoms. The highest BCUT2D eigenvalue weighted by Gasteiger charge is 2.36. The summed E-state index contributed by atoms with van der Waals surface area (Å²) in [6.07, 6.45) is 4.90. The van der Waals surface area contributed by atoms with Crippen molar-refractivity contribution < 1.29 is 19.3 Å². The van der Waals surface area contributed by atoms with E-state index in [1.807, 2.05) is 43.3 Å². The van der Waals surface area contributed by atoms with Crippen molar-refractivity contribution in [3.05, 3.63) is 47.7 Å². The summed E-state index contributed by atoms with van der Waals surface area (Å²) < 4.78 is 16.4. The van der Waals surface area contributed by atoms with Crippen LogP contribution in [0.15, 0.2) is 36.5 Å². The largest absolute Gasteiger partial charge is 0.454 e. The Labute approximate surface area is 144 Å². The van der Waals surface area contributed by atoms with Crippen molar-refractivity contribution in [3.8, 4) is 11.5 Å². The molecule has 1 aliphatic heterocycles. The number of pyridine rings is 1. The van der Waals surface area contributed by atoms with Crippen molar-refractivity contribution in [2.45, 2.75) is 18.6 Å². The van der Waals surface area contributed by atoms with E-state index in [-0.39, 0.29) is 6.79 Å². The smallest absolute Gasteiger partial charge is 0.231 e. The van der Waals surface area contributed by atoms with Gasteiger partial charge in [-0.2, -0.15) is 0 Å². The predicted octanol–water partition coefficient (Wildman–Crippen LogP) is 3.58. The van der Waals surface area contributed by atoms with Gasteiger partial charge in [0.1, 0.15) is 11.7 Å². The van der Waals surface area contributed by atoms with E-state index in [4.69, 9.17) is 14.2 Å². The number of nitrogens with zero attached hydrogens (tertiary/aromatic N) is 1. The van der Waals surface area contributed by atoms with Gasteiger partial charge in [-0.3, -0.25) is 4.98 Å². The summed E-state index contributed by atoms with van der Waals surface area (Å²) in [5.74, 6) is 1.50. The van der Waals surface area contributed by atoms with Gasteiger partial charge < -0.3 is 19.3 Å². The number of benzene rings is 2. The molecule has 2 unspecified atom stereocenters. The van der Waals surface area contributed by atoms with E-state index in [9.17, 15) is 5.11 Å². The molecule has 0 fully saturated rings. The lowest BCUT2D eigenvalue weighted by molar-refractivity contribution is -0.0593. The number of aromatic nitrogens is 1. The minimum atomic E-state index is -0.762. The highest BCUT2D eigenvalue weighted by Crippen LogP contribution is 2.42. The molecular weight excluding hydrogens is 318 g/mol. The zero-order valence-electron chi connectivity index (χ0n) is 13.9. The molecule has 0 amide bonds. The highest BCUT2D eigenvalue weighted by atomic mass is 16.7. The molecule has 2 aliphatic rings. The third kappa shape index (κ3) is 1.94. The van der Waals surface area contributed by atoms with Crippen molar-refractivity contribution in [1.82, 2.24) is 4.98 Å². The van der Waals surface area contributed by atoms with Crippen LogP contribution in [0.2, 0.25) is 0 Å². The summed E-state index contributed by atoms with van der Waals surface area (Å²) in [7, 11) is 1.60. The monoisotopic (exact) mass is 335 g/mol. The molecular formula is C20H17NO4. The molecule has 5 rings (SSSR count). The number of aliphatic hydroxyl groups is 1. The summed E-state index contributed by atoms with van der Waals surface area (Å²) in [5, 5.41) is 13.8. The second-order valence-corrected chi connectivity index (χ2v) is 6.64. The predicted molar refractivity (Wildman–Crippen MR) is 94.8 cm³/mol. The van der Waals surface area contributed by atoms with E-state index in [1.54, 1.807) is 13.3 Å². The van der Waals surface area contributed by atoms with E-state index in [1.165, 1.54) is 0 Å². The molecule has 1 aromatic heterocycles. The number of rotatable bonds is 1. The van der Waals surface area contributed by atoms with Crippen LogP contribution in [0.3, 0.4) is 0 Å². The molecule has 1 aliphatic carbocycles. The fraction of sp³-hybridized carbons (Fsp3) is 0.250. The van der Waals surface area contributed by atoms with Crippen LogP contribution in [0.25, 0.3) is 27.8 Å². The lowest BCUT2D eigenvalue weighted by atomic mass is 9.83. The summed E-state index contributed by atoms with van der Waals surface area (Å²) in [6.45, 7) is 2.11. The molecule has 0 radical (unpaired) electrons. The Bertz CT molecular complexity index is 1060. The Kier molecular flexibility index (Phi) is 2.90. The van der Waals surface area contributed by atoms with Gasteiger partial charge in [-0.05, 0) is 36.1 Å². The Balaban J connectivity index is 1.80. The molecule has 2 heterocycles. The van der Waals surface area contributed by atoms with Crippen LogP contribution in [0, 0.1) is 0 Å². The van der Waals surface area contributed by atoms with Gasteiger partial charge in [-0.25, -0.2) is 0 Å². The maximum Gasteiger partial charge on any atom is 0.231 e. The molecule has 2 atom stereocenters. The third-order valence-corrected chi connectivity index (χ3v) is 5.28. The number of hydrogen-bond acceptors (Lipinski definition) is 5. The minimum Gasteiger partial charge on any atom is -0.454 e. The first kappa shape index (κ1) is 14.7. The van der Waals surface area contributed by atoms with Gasteiger partial charge in [0.2, 0.25) is 6.79 Å². The average Bonchev–Trinajstić information content (AvgIpc) is 3.09. The Hall–Kier alpha value is -2.63. The highest BCUT2D eigenvalue weighted by molar-refractivity contribution is 6.09. The standard InChI is InChI=1S/C20H17NO4/c1-20(23-2)6-5-12-13-4-3-11-7-16-17(25-10-24-16)8-14(11)18(13)21-9-15(12)19(20)22/h3-9,19,22H,10H2,1-2H3. The molecule has 1 N–H and O–H groups in total. The second-order valence-electron chi connectivity index (χ2n) is 6.64. The first-order valence-electron chi connectivity index (χ1n) is 8.18. The van der Waals surface area contributed by atoms with Crippen LogP contribution in [0.5, 0.6) is 11.5 Å². The SMILES string of the molecule is COC1(C)C=Cc2c(cnc3c2ccc2cc4c(cc23)OCO4)C1O. The first-order chi connectivity index (χ1) is 12.1. The van der Waals surface area contributed by atoms with Gasteiger partial charge in [0.15, 0.2) is 11.5 Å². The van der Waals surface area contributed by atoms with E-state index >= 15 is 0 Å². The molecule has 25 heavy (non-hydrogen) atoms. The van der Waals surface area contributed by atoms with Gasteiger partial charge in [-0.1, -0.05) is 18.2 Å². The van der Waals surface area contributed by atoms with Gasteiger partial charge in [0.05, 0.1) is 5.52 Å². The maximum atomic E-state index is 10.7. The zero-order valence-corrected chi connectivity index (χ0v) is 13.9. The Morgan fingerprint density at radius 2 is 2.00 bits per heavy atom. The Morgan fingerprint density at radius 3 is 2.80 bits per heavy atom. The molecule has 5 nitrogen and oxygen atoms in total. The topological polar surface area (TPSA) is 60.8 Å². The fourth-order valence-corrected chi connectivity index (χ4v) is 3.65. The zero-order chi connectivity index (χ0) is 17.2. The van der Waals surface area contributed by atoms with Crippen LogP contribution in [-0.4, -0.2) is 29.6 Å². The number of ether oxygens (including phenoxy) is 3. The summed E-state index contributed by atoms with van der Waals surface area (Å²) in [5.41, 5.74) is 1.89. The second kappa shape index (κ2) is 4.94. The lowest BCUT2D eigenvalue weighted by Gasteiger charge is -2.34. The van der Waals surface area contributed by atoms with Gasteiger partial charge >= 0.3 is 0 Å². The van der Waals surface area contributed by atoms with Crippen molar-refractivity contribution in [1.29, 1.82) is 0 Å². The number of hydrogen-bond donors (Lipinski definition) is 1. The van der Waals surface area contributed by atoms with E-state index in [2.05, 4.69) is 4.98 Å². The summed E-state index contributed by atoms with van der Waals surface area (Å²) in [4.78, 5) is 4.65.